The number of carbonyl (C=O) groups is 3. The van der Waals surface area contributed by atoms with Gasteiger partial charge in [0.2, 0.25) is 11.8 Å². The van der Waals surface area contributed by atoms with Gasteiger partial charge in [0, 0.05) is 24.3 Å². The van der Waals surface area contributed by atoms with Crippen LogP contribution in [0.4, 0.5) is 10.2 Å². The van der Waals surface area contributed by atoms with Crippen LogP contribution in [0.3, 0.4) is 0 Å². The van der Waals surface area contributed by atoms with Crippen LogP contribution in [0, 0.1) is 6.92 Å². The number of carbonyl (C=O) groups excluding carboxylic acids is 3. The van der Waals surface area contributed by atoms with Crippen LogP contribution < -0.4 is 5.32 Å². The van der Waals surface area contributed by atoms with E-state index in [-0.39, 0.29) is 36.8 Å². The standard InChI is InChI=1S/C26H23BrFN7O3/c1-14-6-8-19(32-31-14)16-7-9-20-18(10-16)25(15(2)36)33-35(20)13-24(37)34-12-17(28)11-21(34)26(38)30-23-5-3-4-22(27)29-23/h3-10,17,21H,11-13H2,1-2H3,(H,29,30,38)/t17-,21+/m1/s1. The Morgan fingerprint density at radius 1 is 1.13 bits per heavy atom. The van der Waals surface area contributed by atoms with E-state index in [1.54, 1.807) is 30.3 Å². The maximum absolute atomic E-state index is 14.4. The Bertz CT molecular complexity index is 1560. The van der Waals surface area contributed by atoms with Gasteiger partial charge in [0.15, 0.2) is 5.78 Å². The summed E-state index contributed by atoms with van der Waals surface area (Å²) in [6.07, 6.45) is -1.46. The fourth-order valence-electron chi connectivity index (χ4n) is 4.49. The zero-order chi connectivity index (χ0) is 27.0. The summed E-state index contributed by atoms with van der Waals surface area (Å²) in [6.45, 7) is 2.76. The van der Waals surface area contributed by atoms with Crippen LogP contribution in [0.15, 0.2) is 53.1 Å². The molecule has 4 heterocycles. The maximum atomic E-state index is 14.4. The summed E-state index contributed by atoms with van der Waals surface area (Å²) in [5.74, 6) is -0.988. The zero-order valence-corrected chi connectivity index (χ0v) is 22.1. The lowest BCUT2D eigenvalue weighted by Crippen LogP contribution is -2.44. The van der Waals surface area contributed by atoms with E-state index in [0.717, 1.165) is 11.3 Å². The highest BCUT2D eigenvalue weighted by Gasteiger charge is 2.40. The molecule has 5 rings (SSSR count). The van der Waals surface area contributed by atoms with Crippen molar-refractivity contribution < 1.29 is 18.8 Å². The fourth-order valence-corrected chi connectivity index (χ4v) is 4.83. The molecule has 1 N–H and O–H groups in total. The number of amides is 2. The Morgan fingerprint density at radius 2 is 1.95 bits per heavy atom. The molecule has 1 fully saturated rings. The number of ketones is 1. The second-order valence-corrected chi connectivity index (χ2v) is 9.90. The number of anilines is 1. The molecule has 0 aliphatic carbocycles. The predicted octanol–water partition coefficient (Wildman–Crippen LogP) is 3.74. The topological polar surface area (TPSA) is 123 Å². The van der Waals surface area contributed by atoms with Crippen molar-refractivity contribution in [3.63, 3.8) is 0 Å². The summed E-state index contributed by atoms with van der Waals surface area (Å²) in [7, 11) is 0. The van der Waals surface area contributed by atoms with Crippen molar-refractivity contribution in [2.75, 3.05) is 11.9 Å². The number of aryl methyl sites for hydroxylation is 1. The third kappa shape index (κ3) is 5.17. The van der Waals surface area contributed by atoms with Gasteiger partial charge < -0.3 is 10.2 Å². The zero-order valence-electron chi connectivity index (χ0n) is 20.6. The number of likely N-dealkylation sites (tertiary alicyclic amines) is 1. The van der Waals surface area contributed by atoms with Crippen molar-refractivity contribution >= 4 is 50.2 Å². The smallest absolute Gasteiger partial charge is 0.248 e. The molecule has 0 saturated carbocycles. The Morgan fingerprint density at radius 3 is 2.66 bits per heavy atom. The first kappa shape index (κ1) is 25.6. The van der Waals surface area contributed by atoms with Gasteiger partial charge >= 0.3 is 0 Å². The molecule has 12 heteroatoms. The number of halogens is 2. The summed E-state index contributed by atoms with van der Waals surface area (Å²) < 4.78 is 16.3. The first-order chi connectivity index (χ1) is 18.2. The van der Waals surface area contributed by atoms with Gasteiger partial charge in [-0.3, -0.25) is 19.1 Å². The van der Waals surface area contributed by atoms with Crippen LogP contribution in [0.25, 0.3) is 22.2 Å². The van der Waals surface area contributed by atoms with Gasteiger partial charge in [-0.1, -0.05) is 12.1 Å². The van der Waals surface area contributed by atoms with Gasteiger partial charge in [-0.15, -0.1) is 0 Å². The molecular weight excluding hydrogens is 557 g/mol. The van der Waals surface area contributed by atoms with Gasteiger partial charge in [-0.2, -0.15) is 15.3 Å². The lowest BCUT2D eigenvalue weighted by molar-refractivity contribution is -0.137. The quantitative estimate of drug-likeness (QED) is 0.272. The number of alkyl halides is 1. The minimum atomic E-state index is -1.34. The third-order valence-corrected chi connectivity index (χ3v) is 6.74. The molecule has 0 unspecified atom stereocenters. The fraction of sp³-hybridized carbons (Fsp3) is 0.269. The number of pyridine rings is 1. The summed E-state index contributed by atoms with van der Waals surface area (Å²) >= 11 is 3.24. The molecule has 1 aliphatic heterocycles. The van der Waals surface area contributed by atoms with Crippen molar-refractivity contribution in [1.82, 2.24) is 29.9 Å². The van der Waals surface area contributed by atoms with Gasteiger partial charge in [0.05, 0.1) is 23.4 Å². The number of hydrogen-bond acceptors (Lipinski definition) is 7. The molecule has 1 saturated heterocycles. The summed E-state index contributed by atoms with van der Waals surface area (Å²) in [5.41, 5.74) is 2.92. The third-order valence-electron chi connectivity index (χ3n) is 6.30. The normalized spacial score (nSPS) is 17.1. The molecule has 38 heavy (non-hydrogen) atoms. The van der Waals surface area contributed by atoms with E-state index in [1.807, 2.05) is 25.1 Å². The molecule has 0 radical (unpaired) electrons. The van der Waals surface area contributed by atoms with E-state index in [9.17, 15) is 18.8 Å². The highest BCUT2D eigenvalue weighted by Crippen LogP contribution is 2.27. The van der Waals surface area contributed by atoms with Gasteiger partial charge in [-0.25, -0.2) is 9.37 Å². The number of hydrogen-bond donors (Lipinski definition) is 1. The molecule has 2 amide bonds. The average Bonchev–Trinajstić information content (AvgIpc) is 3.45. The number of fused-ring (bicyclic) bond motifs is 1. The van der Waals surface area contributed by atoms with Gasteiger partial charge in [-0.05, 0) is 59.3 Å². The van der Waals surface area contributed by atoms with E-state index in [4.69, 9.17) is 0 Å². The summed E-state index contributed by atoms with van der Waals surface area (Å²) in [6, 6.07) is 13.0. The summed E-state index contributed by atoms with van der Waals surface area (Å²) in [5, 5.41) is 15.9. The number of benzene rings is 1. The van der Waals surface area contributed by atoms with E-state index < -0.39 is 24.0 Å². The molecule has 1 aliphatic rings. The van der Waals surface area contributed by atoms with Gasteiger partial charge in [0.25, 0.3) is 0 Å². The molecule has 194 valence electrons. The highest BCUT2D eigenvalue weighted by molar-refractivity contribution is 9.10. The Balaban J connectivity index is 1.41. The molecular formula is C26H23BrFN7O3. The lowest BCUT2D eigenvalue weighted by atomic mass is 10.1. The van der Waals surface area contributed by atoms with Crippen LogP contribution in [-0.4, -0.2) is 66.2 Å². The van der Waals surface area contributed by atoms with Crippen LogP contribution in [0.5, 0.6) is 0 Å². The second-order valence-electron chi connectivity index (χ2n) is 9.08. The Labute approximate surface area is 225 Å². The number of rotatable bonds is 6. The van der Waals surface area contributed by atoms with Crippen LogP contribution in [0.1, 0.15) is 29.5 Å². The van der Waals surface area contributed by atoms with E-state index in [2.05, 4.69) is 41.5 Å². The monoisotopic (exact) mass is 579 g/mol. The largest absolute Gasteiger partial charge is 0.326 e. The maximum Gasteiger partial charge on any atom is 0.248 e. The van der Waals surface area contributed by atoms with E-state index in [0.29, 0.717) is 21.2 Å². The van der Waals surface area contributed by atoms with Crippen molar-refractivity contribution in [2.45, 2.75) is 39.0 Å². The minimum absolute atomic E-state index is 0.120. The highest BCUT2D eigenvalue weighted by atomic mass is 79.9. The molecule has 4 aromatic rings. The van der Waals surface area contributed by atoms with Crippen LogP contribution in [0.2, 0.25) is 0 Å². The number of Topliss-reactive ketones (excluding diaryl/α,β-unsaturated/α-hetero) is 1. The second kappa shape index (κ2) is 10.4. The average molecular weight is 580 g/mol. The minimum Gasteiger partial charge on any atom is -0.326 e. The summed E-state index contributed by atoms with van der Waals surface area (Å²) in [4.78, 5) is 44.0. The van der Waals surface area contributed by atoms with Crippen molar-refractivity contribution in [1.29, 1.82) is 0 Å². The molecule has 2 atom stereocenters. The van der Waals surface area contributed by atoms with Crippen molar-refractivity contribution in [3.8, 4) is 11.3 Å². The molecule has 0 bridgehead atoms. The number of nitrogens with one attached hydrogen (secondary N) is 1. The first-order valence-electron chi connectivity index (χ1n) is 11.9. The molecule has 10 nitrogen and oxygen atoms in total. The van der Waals surface area contributed by atoms with Crippen LogP contribution >= 0.6 is 15.9 Å². The first-order valence-corrected chi connectivity index (χ1v) is 12.7. The molecule has 1 aromatic carbocycles. The SMILES string of the molecule is CC(=O)c1nn(CC(=O)N2C[C@H](F)C[C@H]2C(=O)Nc2cccc(Br)n2)c2ccc(-c3ccc(C)nn3)cc12. The number of aromatic nitrogens is 5. The van der Waals surface area contributed by atoms with Crippen LogP contribution in [-0.2, 0) is 16.1 Å². The molecule has 3 aromatic heterocycles. The van der Waals surface area contributed by atoms with Crippen molar-refractivity contribution in [2.24, 2.45) is 0 Å². The van der Waals surface area contributed by atoms with Gasteiger partial charge in [0.1, 0.15) is 34.9 Å². The Hall–Kier alpha value is -4.06. The Kier molecular flexibility index (Phi) is 6.98. The van der Waals surface area contributed by atoms with E-state index >= 15 is 0 Å². The number of nitrogens with zero attached hydrogens (tertiary/aromatic N) is 6. The predicted molar refractivity (Wildman–Crippen MR) is 141 cm³/mol. The van der Waals surface area contributed by atoms with Crippen molar-refractivity contribution in [3.05, 3.63) is 64.5 Å². The molecule has 0 spiro atoms. The lowest BCUT2D eigenvalue weighted by Gasteiger charge is -2.23. The van der Waals surface area contributed by atoms with E-state index in [1.165, 1.54) is 16.5 Å².